The molecule has 0 aliphatic carbocycles. The number of aromatic nitrogens is 4. The number of H-pyrrole nitrogens is 1. The van der Waals surface area contributed by atoms with E-state index in [0.29, 0.717) is 5.56 Å². The maximum Gasteiger partial charge on any atom is 0.247 e. The van der Waals surface area contributed by atoms with E-state index in [-0.39, 0.29) is 23.7 Å². The zero-order chi connectivity index (χ0) is 13.7. The first-order valence-corrected chi connectivity index (χ1v) is 5.21. The van der Waals surface area contributed by atoms with E-state index in [1.54, 1.807) is 0 Å². The standard InChI is InChI=1S/C10H10N6O3/c17-7-2-1-6(8(18)3-7)5-11-14-10(19)4-9-12-15-16-13-9/h1-3,5,17-18H,4H2,(H,14,19)(H,12,13,15,16). The van der Waals surface area contributed by atoms with Crippen molar-refractivity contribution in [3.8, 4) is 11.5 Å². The largest absolute Gasteiger partial charge is 0.508 e. The summed E-state index contributed by atoms with van der Waals surface area (Å²) in [5.41, 5.74) is 2.61. The Morgan fingerprint density at radius 3 is 3.00 bits per heavy atom. The number of phenols is 2. The number of aromatic amines is 1. The van der Waals surface area contributed by atoms with Gasteiger partial charge in [-0.15, -0.1) is 10.2 Å². The third kappa shape index (κ3) is 3.49. The van der Waals surface area contributed by atoms with Gasteiger partial charge in [0.1, 0.15) is 11.5 Å². The lowest BCUT2D eigenvalue weighted by Gasteiger charge is -1.99. The van der Waals surface area contributed by atoms with Crippen LogP contribution in [0.1, 0.15) is 11.4 Å². The maximum atomic E-state index is 11.4. The van der Waals surface area contributed by atoms with Crippen LogP contribution in [-0.2, 0) is 11.2 Å². The topological polar surface area (TPSA) is 136 Å². The first kappa shape index (κ1) is 12.5. The molecule has 0 fully saturated rings. The van der Waals surface area contributed by atoms with Gasteiger partial charge in [0.25, 0.3) is 0 Å². The van der Waals surface area contributed by atoms with E-state index in [2.05, 4.69) is 31.2 Å². The molecule has 19 heavy (non-hydrogen) atoms. The van der Waals surface area contributed by atoms with Crippen LogP contribution in [0.4, 0.5) is 0 Å². The van der Waals surface area contributed by atoms with E-state index in [4.69, 9.17) is 5.11 Å². The fourth-order valence-electron chi connectivity index (χ4n) is 1.26. The van der Waals surface area contributed by atoms with Gasteiger partial charge in [-0.2, -0.15) is 10.3 Å². The van der Waals surface area contributed by atoms with Crippen molar-refractivity contribution in [2.75, 3.05) is 0 Å². The Morgan fingerprint density at radius 2 is 2.32 bits per heavy atom. The van der Waals surface area contributed by atoms with Gasteiger partial charge in [-0.1, -0.05) is 5.21 Å². The van der Waals surface area contributed by atoms with Crippen molar-refractivity contribution in [3.63, 3.8) is 0 Å². The average Bonchev–Trinajstić information content (AvgIpc) is 2.84. The van der Waals surface area contributed by atoms with Crippen LogP contribution >= 0.6 is 0 Å². The molecule has 0 atom stereocenters. The Balaban J connectivity index is 1.91. The van der Waals surface area contributed by atoms with Gasteiger partial charge >= 0.3 is 0 Å². The zero-order valence-electron chi connectivity index (χ0n) is 9.61. The summed E-state index contributed by atoms with van der Waals surface area (Å²) < 4.78 is 0. The third-order valence-corrected chi connectivity index (χ3v) is 2.11. The molecule has 1 heterocycles. The van der Waals surface area contributed by atoms with Gasteiger partial charge in [-0.3, -0.25) is 4.79 Å². The summed E-state index contributed by atoms with van der Waals surface area (Å²) in [6.07, 6.45) is 1.19. The van der Waals surface area contributed by atoms with E-state index < -0.39 is 5.91 Å². The molecule has 0 bridgehead atoms. The van der Waals surface area contributed by atoms with Gasteiger partial charge in [0.2, 0.25) is 5.91 Å². The SMILES string of the molecule is O=C(Cc1nn[nH]n1)NN=Cc1ccc(O)cc1O. The molecule has 9 heteroatoms. The summed E-state index contributed by atoms with van der Waals surface area (Å²) in [5, 5.41) is 35.0. The first-order chi connectivity index (χ1) is 9.15. The number of hydrazone groups is 1. The van der Waals surface area contributed by atoms with E-state index in [1.165, 1.54) is 24.4 Å². The van der Waals surface area contributed by atoms with Gasteiger partial charge in [0.05, 0.1) is 12.6 Å². The number of phenolic OH excluding ortho intramolecular Hbond substituents is 2. The number of rotatable bonds is 4. The molecule has 0 aliphatic rings. The summed E-state index contributed by atoms with van der Waals surface area (Å²) in [6, 6.07) is 4.02. The average molecular weight is 262 g/mol. The number of amides is 1. The predicted molar refractivity (Wildman–Crippen MR) is 63.4 cm³/mol. The molecule has 0 saturated heterocycles. The van der Waals surface area contributed by atoms with Crippen LogP contribution in [0.3, 0.4) is 0 Å². The van der Waals surface area contributed by atoms with Crippen LogP contribution in [0.25, 0.3) is 0 Å². The highest BCUT2D eigenvalue weighted by Gasteiger charge is 2.05. The highest BCUT2D eigenvalue weighted by molar-refractivity contribution is 5.85. The molecule has 0 radical (unpaired) electrons. The first-order valence-electron chi connectivity index (χ1n) is 5.21. The Morgan fingerprint density at radius 1 is 1.47 bits per heavy atom. The lowest BCUT2D eigenvalue weighted by molar-refractivity contribution is -0.120. The molecule has 0 aliphatic heterocycles. The molecule has 4 N–H and O–H groups in total. The van der Waals surface area contributed by atoms with Gasteiger partial charge in [0, 0.05) is 11.6 Å². The smallest absolute Gasteiger partial charge is 0.247 e. The Kier molecular flexibility index (Phi) is 3.67. The second kappa shape index (κ2) is 5.58. The van der Waals surface area contributed by atoms with E-state index >= 15 is 0 Å². The number of carbonyl (C=O) groups excluding carboxylic acids is 1. The molecule has 1 aromatic heterocycles. The van der Waals surface area contributed by atoms with Gasteiger partial charge in [0.15, 0.2) is 5.82 Å². The van der Waals surface area contributed by atoms with Crippen LogP contribution < -0.4 is 5.43 Å². The van der Waals surface area contributed by atoms with Crippen molar-refractivity contribution in [3.05, 3.63) is 29.6 Å². The van der Waals surface area contributed by atoms with E-state index in [0.717, 1.165) is 0 Å². The zero-order valence-corrected chi connectivity index (χ0v) is 9.61. The van der Waals surface area contributed by atoms with Crippen LogP contribution in [0.5, 0.6) is 11.5 Å². The van der Waals surface area contributed by atoms with Crippen molar-refractivity contribution in [2.24, 2.45) is 5.10 Å². The molecule has 0 saturated carbocycles. The van der Waals surface area contributed by atoms with Crippen molar-refractivity contribution < 1.29 is 15.0 Å². The minimum atomic E-state index is -0.420. The molecule has 1 amide bonds. The molecule has 2 rings (SSSR count). The summed E-state index contributed by atoms with van der Waals surface area (Å²) in [5.74, 6) is -0.372. The number of benzene rings is 1. The van der Waals surface area contributed by atoms with Crippen molar-refractivity contribution in [1.82, 2.24) is 26.0 Å². The van der Waals surface area contributed by atoms with E-state index in [9.17, 15) is 9.90 Å². The third-order valence-electron chi connectivity index (χ3n) is 2.11. The number of carbonyl (C=O) groups is 1. The molecule has 1 aromatic carbocycles. The number of tetrazole rings is 1. The monoisotopic (exact) mass is 262 g/mol. The summed E-state index contributed by atoms with van der Waals surface area (Å²) in [7, 11) is 0. The molecular formula is C10H10N6O3. The van der Waals surface area contributed by atoms with Crippen LogP contribution in [0.2, 0.25) is 0 Å². The number of aromatic hydroxyl groups is 2. The van der Waals surface area contributed by atoms with Crippen LogP contribution in [0.15, 0.2) is 23.3 Å². The Bertz CT molecular complexity index is 595. The van der Waals surface area contributed by atoms with Gasteiger partial charge < -0.3 is 10.2 Å². The minimum absolute atomic E-state index is 0.0595. The second-order valence-corrected chi connectivity index (χ2v) is 3.54. The molecule has 0 unspecified atom stereocenters. The number of nitrogens with one attached hydrogen (secondary N) is 2. The van der Waals surface area contributed by atoms with Crippen molar-refractivity contribution in [1.29, 1.82) is 0 Å². The quantitative estimate of drug-likeness (QED) is 0.425. The number of hydrogen-bond donors (Lipinski definition) is 4. The number of nitrogens with zero attached hydrogens (tertiary/aromatic N) is 4. The fraction of sp³-hybridized carbons (Fsp3) is 0.100. The van der Waals surface area contributed by atoms with E-state index in [1.807, 2.05) is 0 Å². The molecule has 9 nitrogen and oxygen atoms in total. The maximum absolute atomic E-state index is 11.4. The van der Waals surface area contributed by atoms with Crippen LogP contribution in [0, 0.1) is 0 Å². The van der Waals surface area contributed by atoms with Gasteiger partial charge in [-0.05, 0) is 12.1 Å². The van der Waals surface area contributed by atoms with Crippen molar-refractivity contribution in [2.45, 2.75) is 6.42 Å². The predicted octanol–water partition coefficient (Wildman–Crippen LogP) is -0.696. The van der Waals surface area contributed by atoms with Gasteiger partial charge in [-0.25, -0.2) is 5.43 Å². The lowest BCUT2D eigenvalue weighted by Crippen LogP contribution is -2.20. The molecule has 0 spiro atoms. The Labute approximate surface area is 107 Å². The summed E-state index contributed by atoms with van der Waals surface area (Å²) >= 11 is 0. The van der Waals surface area contributed by atoms with Crippen molar-refractivity contribution >= 4 is 12.1 Å². The second-order valence-electron chi connectivity index (χ2n) is 3.54. The fourth-order valence-corrected chi connectivity index (χ4v) is 1.26. The summed E-state index contributed by atoms with van der Waals surface area (Å²) in [6.45, 7) is 0. The molecule has 2 aromatic rings. The highest BCUT2D eigenvalue weighted by atomic mass is 16.3. The Hall–Kier alpha value is -2.97. The molecule has 98 valence electrons. The lowest BCUT2D eigenvalue weighted by atomic mass is 10.2. The molecular weight excluding hydrogens is 252 g/mol. The van der Waals surface area contributed by atoms with Crippen LogP contribution in [-0.4, -0.2) is 43.0 Å². The number of hydrogen-bond acceptors (Lipinski definition) is 7. The highest BCUT2D eigenvalue weighted by Crippen LogP contribution is 2.20. The minimum Gasteiger partial charge on any atom is -0.508 e. The normalized spacial score (nSPS) is 10.7. The summed E-state index contributed by atoms with van der Waals surface area (Å²) in [4.78, 5) is 11.4.